The van der Waals surface area contributed by atoms with Gasteiger partial charge in [-0.3, -0.25) is 4.79 Å². The first kappa shape index (κ1) is 12.2. The van der Waals surface area contributed by atoms with E-state index < -0.39 is 5.63 Å². The highest BCUT2D eigenvalue weighted by atomic mass is 79.9. The van der Waals surface area contributed by atoms with Crippen molar-refractivity contribution in [2.24, 2.45) is 0 Å². The van der Waals surface area contributed by atoms with E-state index in [-0.39, 0.29) is 10.4 Å². The van der Waals surface area contributed by atoms with E-state index in [2.05, 4.69) is 15.9 Å². The van der Waals surface area contributed by atoms with Crippen molar-refractivity contribution < 1.29 is 9.21 Å². The van der Waals surface area contributed by atoms with Crippen molar-refractivity contribution in [2.45, 2.75) is 6.42 Å². The number of fused-ring (bicyclic) bond motifs is 1. The topological polar surface area (TPSA) is 50.5 Å². The normalized spacial score (nSPS) is 13.4. The molecule has 19 heavy (non-hydrogen) atoms. The summed E-state index contributed by atoms with van der Waals surface area (Å²) in [6, 6.07) is 9.31. The minimum absolute atomic E-state index is 0.158. The minimum Gasteiger partial charge on any atom is -0.430 e. The van der Waals surface area contributed by atoms with Crippen molar-refractivity contribution in [3.05, 3.63) is 62.6 Å². The van der Waals surface area contributed by atoms with E-state index in [1.165, 1.54) is 12.3 Å². The number of carbonyl (C=O) groups is 1. The lowest BCUT2D eigenvalue weighted by Gasteiger charge is -2.16. The highest BCUT2D eigenvalue weighted by Gasteiger charge is 2.25. The number of anilines is 1. The van der Waals surface area contributed by atoms with Crippen LogP contribution in [0.25, 0.3) is 0 Å². The zero-order valence-electron chi connectivity index (χ0n) is 9.93. The SMILES string of the molecule is O=C(c1coc(=O)c(Br)c1)N1CCc2ccccc21. The molecule has 4 nitrogen and oxygen atoms in total. The number of halogens is 1. The molecule has 0 unspecified atom stereocenters. The summed E-state index contributed by atoms with van der Waals surface area (Å²) in [6.07, 6.45) is 2.05. The summed E-state index contributed by atoms with van der Waals surface area (Å²) in [7, 11) is 0. The lowest BCUT2D eigenvalue weighted by molar-refractivity contribution is 0.0987. The highest BCUT2D eigenvalue weighted by molar-refractivity contribution is 9.10. The third kappa shape index (κ3) is 2.10. The van der Waals surface area contributed by atoms with E-state index in [0.29, 0.717) is 12.1 Å². The van der Waals surface area contributed by atoms with Crippen molar-refractivity contribution in [2.75, 3.05) is 11.4 Å². The number of carbonyl (C=O) groups excluding carboxylic acids is 1. The fraction of sp³-hybridized carbons (Fsp3) is 0.143. The van der Waals surface area contributed by atoms with Crippen molar-refractivity contribution in [3.63, 3.8) is 0 Å². The van der Waals surface area contributed by atoms with Crippen LogP contribution in [0.2, 0.25) is 0 Å². The van der Waals surface area contributed by atoms with Crippen LogP contribution in [0, 0.1) is 0 Å². The van der Waals surface area contributed by atoms with Crippen LogP contribution in [0.3, 0.4) is 0 Å². The number of rotatable bonds is 1. The molecular formula is C14H10BrNO3. The number of hydrogen-bond acceptors (Lipinski definition) is 3. The van der Waals surface area contributed by atoms with E-state index in [9.17, 15) is 9.59 Å². The van der Waals surface area contributed by atoms with Crippen molar-refractivity contribution in [1.29, 1.82) is 0 Å². The van der Waals surface area contributed by atoms with Crippen LogP contribution in [-0.2, 0) is 6.42 Å². The fourth-order valence-electron chi connectivity index (χ4n) is 2.22. The van der Waals surface area contributed by atoms with Crippen LogP contribution >= 0.6 is 15.9 Å². The van der Waals surface area contributed by atoms with Crippen LogP contribution in [-0.4, -0.2) is 12.5 Å². The Morgan fingerprint density at radius 1 is 1.32 bits per heavy atom. The van der Waals surface area contributed by atoms with Gasteiger partial charge >= 0.3 is 5.63 Å². The van der Waals surface area contributed by atoms with Gasteiger partial charge in [-0.05, 0) is 40.0 Å². The maximum Gasteiger partial charge on any atom is 0.350 e. The summed E-state index contributed by atoms with van der Waals surface area (Å²) in [5.74, 6) is -0.158. The van der Waals surface area contributed by atoms with Crippen LogP contribution < -0.4 is 10.5 Å². The highest BCUT2D eigenvalue weighted by Crippen LogP contribution is 2.28. The van der Waals surface area contributed by atoms with E-state index in [1.54, 1.807) is 4.90 Å². The largest absolute Gasteiger partial charge is 0.430 e. The molecule has 0 aliphatic carbocycles. The van der Waals surface area contributed by atoms with Gasteiger partial charge in [0.05, 0.1) is 5.56 Å². The Labute approximate surface area is 117 Å². The average Bonchev–Trinajstić information content (AvgIpc) is 2.85. The van der Waals surface area contributed by atoms with Gasteiger partial charge in [-0.25, -0.2) is 4.79 Å². The lowest BCUT2D eigenvalue weighted by Crippen LogP contribution is -2.29. The van der Waals surface area contributed by atoms with Crippen LogP contribution in [0.15, 0.2) is 50.3 Å². The number of amides is 1. The number of para-hydroxylation sites is 1. The predicted molar refractivity (Wildman–Crippen MR) is 74.5 cm³/mol. The molecule has 0 bridgehead atoms. The van der Waals surface area contributed by atoms with Gasteiger partial charge in [-0.1, -0.05) is 18.2 Å². The maximum absolute atomic E-state index is 12.4. The summed E-state index contributed by atoms with van der Waals surface area (Å²) in [6.45, 7) is 0.648. The molecule has 5 heteroatoms. The summed E-state index contributed by atoms with van der Waals surface area (Å²) < 4.78 is 5.06. The van der Waals surface area contributed by atoms with Crippen molar-refractivity contribution in [3.8, 4) is 0 Å². The van der Waals surface area contributed by atoms with Gasteiger partial charge in [0.15, 0.2) is 0 Å². The Hall–Kier alpha value is -1.88. The summed E-state index contributed by atoms with van der Waals surface area (Å²) in [4.78, 5) is 25.3. The Morgan fingerprint density at radius 2 is 2.11 bits per heavy atom. The molecule has 0 saturated heterocycles. The molecule has 3 rings (SSSR count). The van der Waals surface area contributed by atoms with Crippen LogP contribution in [0.1, 0.15) is 15.9 Å². The van der Waals surface area contributed by atoms with E-state index in [4.69, 9.17) is 4.42 Å². The number of hydrogen-bond donors (Lipinski definition) is 0. The van der Waals surface area contributed by atoms with Crippen LogP contribution in [0.4, 0.5) is 5.69 Å². The minimum atomic E-state index is -0.488. The van der Waals surface area contributed by atoms with Gasteiger partial charge in [-0.2, -0.15) is 0 Å². The smallest absolute Gasteiger partial charge is 0.350 e. The summed E-state index contributed by atoms with van der Waals surface area (Å²) in [5, 5.41) is 0. The van der Waals surface area contributed by atoms with Gasteiger partial charge in [0.25, 0.3) is 5.91 Å². The molecule has 0 atom stereocenters. The molecule has 96 valence electrons. The molecular weight excluding hydrogens is 310 g/mol. The van der Waals surface area contributed by atoms with E-state index in [1.807, 2.05) is 24.3 Å². The second-order valence-corrected chi connectivity index (χ2v) is 5.16. The van der Waals surface area contributed by atoms with Gasteiger partial charge < -0.3 is 9.32 Å². The molecule has 1 aliphatic rings. The zero-order valence-corrected chi connectivity index (χ0v) is 11.5. The molecule has 0 fully saturated rings. The van der Waals surface area contributed by atoms with E-state index in [0.717, 1.165) is 17.7 Å². The molecule has 0 N–H and O–H groups in total. The molecule has 1 aromatic heterocycles. The van der Waals surface area contributed by atoms with Gasteiger partial charge in [0.1, 0.15) is 10.7 Å². The van der Waals surface area contributed by atoms with E-state index >= 15 is 0 Å². The Morgan fingerprint density at radius 3 is 2.89 bits per heavy atom. The molecule has 1 aliphatic heterocycles. The standard InChI is InChI=1S/C14H10BrNO3/c15-11-7-10(8-19-14(11)18)13(17)16-6-5-9-3-1-2-4-12(9)16/h1-4,7-8H,5-6H2. The summed E-state index contributed by atoms with van der Waals surface area (Å²) in [5.41, 5.74) is 1.96. The molecule has 0 spiro atoms. The van der Waals surface area contributed by atoms with Gasteiger partial charge in [0.2, 0.25) is 0 Å². The first-order chi connectivity index (χ1) is 9.16. The van der Waals surface area contributed by atoms with Gasteiger partial charge in [0, 0.05) is 12.2 Å². The fourth-order valence-corrected chi connectivity index (χ4v) is 2.56. The second kappa shape index (κ2) is 4.66. The Bertz CT molecular complexity index is 708. The Kier molecular flexibility index (Phi) is 2.98. The lowest BCUT2D eigenvalue weighted by atomic mass is 10.2. The monoisotopic (exact) mass is 319 g/mol. The third-order valence-electron chi connectivity index (χ3n) is 3.15. The first-order valence-electron chi connectivity index (χ1n) is 5.85. The van der Waals surface area contributed by atoms with Crippen molar-refractivity contribution in [1.82, 2.24) is 0 Å². The van der Waals surface area contributed by atoms with Gasteiger partial charge in [-0.15, -0.1) is 0 Å². The zero-order chi connectivity index (χ0) is 13.4. The summed E-state index contributed by atoms with van der Waals surface area (Å²) >= 11 is 3.08. The number of nitrogens with zero attached hydrogens (tertiary/aromatic N) is 1. The molecule has 0 saturated carbocycles. The van der Waals surface area contributed by atoms with Crippen molar-refractivity contribution >= 4 is 27.5 Å². The second-order valence-electron chi connectivity index (χ2n) is 4.31. The molecule has 0 radical (unpaired) electrons. The Balaban J connectivity index is 1.97. The van der Waals surface area contributed by atoms with Crippen LogP contribution in [0.5, 0.6) is 0 Å². The predicted octanol–water partition coefficient (Wildman–Crippen LogP) is 2.61. The third-order valence-corrected chi connectivity index (χ3v) is 3.70. The molecule has 1 aromatic carbocycles. The quantitative estimate of drug-likeness (QED) is 0.811. The molecule has 1 amide bonds. The maximum atomic E-state index is 12.4. The average molecular weight is 320 g/mol. The molecule has 2 heterocycles. The number of benzene rings is 1. The molecule has 2 aromatic rings. The first-order valence-corrected chi connectivity index (χ1v) is 6.64.